The number of aromatic nitrogens is 3. The van der Waals surface area contributed by atoms with Crippen LogP contribution in [0.1, 0.15) is 11.4 Å². The molecule has 0 saturated heterocycles. The molecule has 0 aliphatic heterocycles. The zero-order chi connectivity index (χ0) is 14.4. The summed E-state index contributed by atoms with van der Waals surface area (Å²) in [5.74, 6) is 0.948. The number of nitrogens with two attached hydrogens (primary N) is 1. The number of hydrogen-bond donors (Lipinski definition) is 2. The largest absolute Gasteiger partial charge is 0.380 e. The lowest BCUT2D eigenvalue weighted by molar-refractivity contribution is 0.185. The number of hydrogen-bond acceptors (Lipinski definition) is 4. The van der Waals surface area contributed by atoms with E-state index in [1.54, 1.807) is 18.1 Å². The Morgan fingerprint density at radius 3 is 2.86 bits per heavy atom. The van der Waals surface area contributed by atoms with E-state index in [9.17, 15) is 0 Å². The molecule has 2 aromatic rings. The molecular formula is C13H19IN6O. The fraction of sp³-hybridized carbons (Fsp3) is 0.308. The highest BCUT2D eigenvalue weighted by atomic mass is 127. The highest BCUT2D eigenvalue weighted by Gasteiger charge is 2.03. The molecule has 0 atom stereocenters. The first-order valence-electron chi connectivity index (χ1n) is 6.17. The van der Waals surface area contributed by atoms with Gasteiger partial charge in [0.1, 0.15) is 12.9 Å². The monoisotopic (exact) mass is 402 g/mol. The molecule has 0 unspecified atom stereocenters. The predicted molar refractivity (Wildman–Crippen MR) is 92.5 cm³/mol. The number of nitrogens with one attached hydrogen (secondary N) is 1. The van der Waals surface area contributed by atoms with E-state index in [1.807, 2.05) is 31.3 Å². The third-order valence-electron chi connectivity index (χ3n) is 2.62. The van der Waals surface area contributed by atoms with Crippen molar-refractivity contribution in [3.05, 3.63) is 42.0 Å². The average Bonchev–Trinajstić information content (AvgIpc) is 2.85. The summed E-state index contributed by atoms with van der Waals surface area (Å²) in [6.45, 7) is 0.852. The normalized spacial score (nSPS) is 11.0. The van der Waals surface area contributed by atoms with Gasteiger partial charge >= 0.3 is 0 Å². The Hall–Kier alpha value is -1.68. The van der Waals surface area contributed by atoms with Crippen molar-refractivity contribution in [3.8, 4) is 0 Å². The molecule has 2 rings (SSSR count). The zero-order valence-electron chi connectivity index (χ0n) is 12.0. The van der Waals surface area contributed by atoms with Gasteiger partial charge in [-0.05, 0) is 6.07 Å². The molecule has 0 fully saturated rings. The molecule has 8 heteroatoms. The lowest BCUT2D eigenvalue weighted by Crippen LogP contribution is -2.23. The van der Waals surface area contributed by atoms with Gasteiger partial charge in [-0.15, -0.1) is 24.0 Å². The maximum absolute atomic E-state index is 5.86. The number of aliphatic imine (C=N–C) groups is 1. The van der Waals surface area contributed by atoms with Crippen LogP contribution in [-0.4, -0.2) is 27.8 Å². The summed E-state index contributed by atoms with van der Waals surface area (Å²) < 4.78 is 6.77. The number of rotatable bonds is 5. The Labute approximate surface area is 140 Å². The van der Waals surface area contributed by atoms with Crippen molar-refractivity contribution >= 4 is 35.6 Å². The van der Waals surface area contributed by atoms with Gasteiger partial charge < -0.3 is 15.8 Å². The zero-order valence-corrected chi connectivity index (χ0v) is 14.3. The molecule has 3 N–H and O–H groups in total. The minimum Gasteiger partial charge on any atom is -0.380 e. The van der Waals surface area contributed by atoms with Gasteiger partial charge in [0.25, 0.3) is 0 Å². The minimum atomic E-state index is 0. The molecule has 0 bridgehead atoms. The van der Waals surface area contributed by atoms with E-state index in [-0.39, 0.29) is 24.0 Å². The van der Waals surface area contributed by atoms with Crippen LogP contribution < -0.4 is 11.1 Å². The average molecular weight is 402 g/mol. The second kappa shape index (κ2) is 8.57. The Morgan fingerprint density at radius 1 is 1.43 bits per heavy atom. The third-order valence-corrected chi connectivity index (χ3v) is 2.62. The van der Waals surface area contributed by atoms with Gasteiger partial charge in [-0.1, -0.05) is 18.2 Å². The molecule has 0 amide bonds. The van der Waals surface area contributed by atoms with E-state index < -0.39 is 0 Å². The molecule has 1 heterocycles. The molecule has 1 aromatic carbocycles. The van der Waals surface area contributed by atoms with Crippen LogP contribution >= 0.6 is 24.0 Å². The molecule has 114 valence electrons. The summed E-state index contributed by atoms with van der Waals surface area (Å²) >= 11 is 0. The molecule has 7 nitrogen and oxygen atoms in total. The number of guanidine groups is 1. The quantitative estimate of drug-likeness (QED) is 0.450. The number of para-hydroxylation sites is 1. The lowest BCUT2D eigenvalue weighted by Gasteiger charge is -2.10. The van der Waals surface area contributed by atoms with Crippen LogP contribution in [0.15, 0.2) is 35.6 Å². The Balaban J connectivity index is 0.00000220. The predicted octanol–water partition coefficient (Wildman–Crippen LogP) is 1.51. The summed E-state index contributed by atoms with van der Waals surface area (Å²) in [7, 11) is 3.46. The fourth-order valence-corrected chi connectivity index (χ4v) is 1.71. The van der Waals surface area contributed by atoms with E-state index in [1.165, 1.54) is 0 Å². The second-order valence-corrected chi connectivity index (χ2v) is 4.25. The van der Waals surface area contributed by atoms with Gasteiger partial charge in [0, 0.05) is 25.4 Å². The molecule has 0 aliphatic rings. The molecule has 1 aromatic heterocycles. The van der Waals surface area contributed by atoms with E-state index in [4.69, 9.17) is 10.5 Å². The minimum absolute atomic E-state index is 0. The van der Waals surface area contributed by atoms with Crippen molar-refractivity contribution in [1.29, 1.82) is 0 Å². The van der Waals surface area contributed by atoms with Crippen LogP contribution in [0.25, 0.3) is 0 Å². The number of anilines is 1. The highest BCUT2D eigenvalue weighted by molar-refractivity contribution is 14.0. The van der Waals surface area contributed by atoms with Crippen LogP contribution in [0.5, 0.6) is 0 Å². The summed E-state index contributed by atoms with van der Waals surface area (Å²) in [5, 5.41) is 7.19. The summed E-state index contributed by atoms with van der Waals surface area (Å²) in [4.78, 5) is 8.29. The Morgan fingerprint density at radius 2 is 2.19 bits per heavy atom. The van der Waals surface area contributed by atoms with Gasteiger partial charge in [0.05, 0.1) is 6.61 Å². The highest BCUT2D eigenvalue weighted by Crippen LogP contribution is 2.15. The smallest absolute Gasteiger partial charge is 0.193 e. The summed E-state index contributed by atoms with van der Waals surface area (Å²) in [6, 6.07) is 7.77. The second-order valence-electron chi connectivity index (χ2n) is 4.25. The number of methoxy groups -OCH3 is 1. The maximum atomic E-state index is 5.86. The Kier molecular flexibility index (Phi) is 7.09. The number of ether oxygens (including phenoxy) is 1. The van der Waals surface area contributed by atoms with Crippen molar-refractivity contribution in [2.75, 3.05) is 12.4 Å². The summed E-state index contributed by atoms with van der Waals surface area (Å²) in [6.07, 6.45) is 1.63. The van der Waals surface area contributed by atoms with Crippen molar-refractivity contribution in [3.63, 3.8) is 0 Å². The van der Waals surface area contributed by atoms with Gasteiger partial charge in [-0.25, -0.2) is 9.98 Å². The topological polar surface area (TPSA) is 90.4 Å². The third kappa shape index (κ3) is 5.31. The van der Waals surface area contributed by atoms with Crippen LogP contribution in [0.4, 0.5) is 5.69 Å². The lowest BCUT2D eigenvalue weighted by atomic mass is 10.2. The fourth-order valence-electron chi connectivity index (χ4n) is 1.71. The molecule has 0 aliphatic carbocycles. The standard InChI is InChI=1S/C13H18N6O.HI/c1-19-9-16-12(18-19)7-15-13(14)17-11-6-4-3-5-10(11)8-20-2;/h3-6,9H,7-8H2,1-2H3,(H3,14,15,17);1H. The number of benzene rings is 1. The van der Waals surface area contributed by atoms with Gasteiger partial charge in [0.2, 0.25) is 0 Å². The number of nitrogens with zero attached hydrogens (tertiary/aromatic N) is 4. The number of halogens is 1. The van der Waals surface area contributed by atoms with E-state index in [0.29, 0.717) is 24.9 Å². The van der Waals surface area contributed by atoms with Gasteiger partial charge in [0.15, 0.2) is 11.8 Å². The van der Waals surface area contributed by atoms with Crippen molar-refractivity contribution in [1.82, 2.24) is 14.8 Å². The first kappa shape index (κ1) is 17.4. The van der Waals surface area contributed by atoms with Crippen molar-refractivity contribution in [2.24, 2.45) is 17.8 Å². The molecule has 0 radical (unpaired) electrons. The Bertz CT molecular complexity index is 598. The van der Waals surface area contributed by atoms with E-state index in [0.717, 1.165) is 11.3 Å². The molecular weight excluding hydrogens is 383 g/mol. The van der Waals surface area contributed by atoms with Crippen LogP contribution in [0, 0.1) is 0 Å². The SMILES string of the molecule is COCc1ccccc1NC(N)=NCc1ncn(C)n1.I. The van der Waals surface area contributed by atoms with Crippen molar-refractivity contribution < 1.29 is 4.74 Å². The summed E-state index contributed by atoms with van der Waals surface area (Å²) in [5.41, 5.74) is 7.76. The van der Waals surface area contributed by atoms with Crippen LogP contribution in [0.2, 0.25) is 0 Å². The van der Waals surface area contributed by atoms with E-state index >= 15 is 0 Å². The van der Waals surface area contributed by atoms with Gasteiger partial charge in [-0.2, -0.15) is 5.10 Å². The first-order chi connectivity index (χ1) is 9.69. The van der Waals surface area contributed by atoms with Crippen LogP contribution in [-0.2, 0) is 24.9 Å². The number of aryl methyl sites for hydroxylation is 1. The van der Waals surface area contributed by atoms with E-state index in [2.05, 4.69) is 20.4 Å². The first-order valence-corrected chi connectivity index (χ1v) is 6.17. The molecule has 0 spiro atoms. The molecule has 21 heavy (non-hydrogen) atoms. The molecule has 0 saturated carbocycles. The van der Waals surface area contributed by atoms with Crippen LogP contribution in [0.3, 0.4) is 0 Å². The maximum Gasteiger partial charge on any atom is 0.193 e. The van der Waals surface area contributed by atoms with Crippen molar-refractivity contribution in [2.45, 2.75) is 13.2 Å². The van der Waals surface area contributed by atoms with Gasteiger partial charge in [-0.3, -0.25) is 4.68 Å².